The normalized spacial score (nSPS) is 13.3. The summed E-state index contributed by atoms with van der Waals surface area (Å²) >= 11 is 0. The molecule has 0 aliphatic heterocycles. The first kappa shape index (κ1) is 27.9. The highest BCUT2D eigenvalue weighted by molar-refractivity contribution is 6.23. The molecule has 0 unspecified atom stereocenters. The molecule has 9 aromatic rings. The third-order valence-electron chi connectivity index (χ3n) is 10.8. The Labute approximate surface area is 285 Å². The zero-order valence-corrected chi connectivity index (χ0v) is 27.4. The third-order valence-corrected chi connectivity index (χ3v) is 10.8. The molecule has 0 spiro atoms. The topological polar surface area (TPSA) is 25.8 Å². The standard InChI is InChI=1S/C47H32N2/c1-47(2)43-23-33(36-26-48-28-49-27-36)19-20-37(43)40-24-41-42(25-44(40)47)46(35-18-16-30-10-4-6-12-32(30)22-35)39-14-8-7-13-38(39)45(41)34-17-15-29-9-3-5-11-31(29)21-34/h3-28H,1-2H3. The highest BCUT2D eigenvalue weighted by Crippen LogP contribution is 2.54. The minimum atomic E-state index is -0.195. The second-order valence-corrected chi connectivity index (χ2v) is 13.9. The van der Waals surface area contributed by atoms with E-state index in [4.69, 9.17) is 0 Å². The number of nitrogens with zero attached hydrogens (tertiary/aromatic N) is 2. The maximum Gasteiger partial charge on any atom is 0.115 e. The zero-order chi connectivity index (χ0) is 32.7. The molecule has 0 bridgehead atoms. The van der Waals surface area contributed by atoms with Crippen molar-refractivity contribution in [1.29, 1.82) is 0 Å². The minimum Gasteiger partial charge on any atom is -0.244 e. The quantitative estimate of drug-likeness (QED) is 0.183. The smallest absolute Gasteiger partial charge is 0.115 e. The molecule has 1 aliphatic rings. The molecule has 0 N–H and O–H groups in total. The summed E-state index contributed by atoms with van der Waals surface area (Å²) in [4.78, 5) is 8.60. The molecule has 8 aromatic carbocycles. The van der Waals surface area contributed by atoms with E-state index in [0.29, 0.717) is 0 Å². The Morgan fingerprint density at radius 1 is 0.388 bits per heavy atom. The highest BCUT2D eigenvalue weighted by atomic mass is 14.8. The Morgan fingerprint density at radius 2 is 0.898 bits per heavy atom. The lowest BCUT2D eigenvalue weighted by atomic mass is 9.79. The van der Waals surface area contributed by atoms with Crippen molar-refractivity contribution in [3.63, 3.8) is 0 Å². The van der Waals surface area contributed by atoms with Gasteiger partial charge in [-0.2, -0.15) is 0 Å². The lowest BCUT2D eigenvalue weighted by molar-refractivity contribution is 0.661. The second kappa shape index (κ2) is 10.4. The van der Waals surface area contributed by atoms with E-state index in [-0.39, 0.29) is 5.41 Å². The lowest BCUT2D eigenvalue weighted by Crippen LogP contribution is -2.15. The van der Waals surface area contributed by atoms with E-state index in [0.717, 1.165) is 11.1 Å². The summed E-state index contributed by atoms with van der Waals surface area (Å²) in [5.41, 5.74) is 12.3. The predicted octanol–water partition coefficient (Wildman–Crippen LogP) is 12.4. The number of rotatable bonds is 3. The Morgan fingerprint density at radius 3 is 1.51 bits per heavy atom. The van der Waals surface area contributed by atoms with Crippen molar-refractivity contribution in [2.24, 2.45) is 0 Å². The Balaban J connectivity index is 1.33. The van der Waals surface area contributed by atoms with Gasteiger partial charge in [0.1, 0.15) is 6.33 Å². The van der Waals surface area contributed by atoms with Gasteiger partial charge >= 0.3 is 0 Å². The summed E-state index contributed by atoms with van der Waals surface area (Å²) in [6.45, 7) is 4.74. The molecule has 10 rings (SSSR count). The van der Waals surface area contributed by atoms with Crippen LogP contribution in [0.3, 0.4) is 0 Å². The maximum absolute atomic E-state index is 4.30. The van der Waals surface area contributed by atoms with Crippen LogP contribution >= 0.6 is 0 Å². The Hall–Kier alpha value is -6.12. The molecule has 0 amide bonds. The van der Waals surface area contributed by atoms with Gasteiger partial charge in [-0.25, -0.2) is 9.97 Å². The minimum absolute atomic E-state index is 0.195. The van der Waals surface area contributed by atoms with E-state index >= 15 is 0 Å². The van der Waals surface area contributed by atoms with E-state index in [1.165, 1.54) is 87.6 Å². The van der Waals surface area contributed by atoms with Crippen molar-refractivity contribution in [1.82, 2.24) is 9.97 Å². The molecule has 0 atom stereocenters. The molecule has 1 aromatic heterocycles. The van der Waals surface area contributed by atoms with Gasteiger partial charge in [0, 0.05) is 23.4 Å². The van der Waals surface area contributed by atoms with Crippen LogP contribution in [0.5, 0.6) is 0 Å². The first-order valence-corrected chi connectivity index (χ1v) is 17.0. The fourth-order valence-corrected chi connectivity index (χ4v) is 8.34. The second-order valence-electron chi connectivity index (χ2n) is 13.9. The monoisotopic (exact) mass is 624 g/mol. The summed E-state index contributed by atoms with van der Waals surface area (Å²) in [6.07, 6.45) is 5.39. The van der Waals surface area contributed by atoms with Crippen molar-refractivity contribution < 1.29 is 0 Å². The van der Waals surface area contributed by atoms with Gasteiger partial charge < -0.3 is 0 Å². The van der Waals surface area contributed by atoms with Crippen molar-refractivity contribution >= 4 is 43.1 Å². The van der Waals surface area contributed by atoms with Crippen molar-refractivity contribution in [3.8, 4) is 44.5 Å². The highest BCUT2D eigenvalue weighted by Gasteiger charge is 2.37. The molecule has 0 saturated heterocycles. The maximum atomic E-state index is 4.30. The number of aromatic nitrogens is 2. The van der Waals surface area contributed by atoms with Gasteiger partial charge in [-0.15, -0.1) is 0 Å². The number of benzene rings is 8. The predicted molar refractivity (Wildman–Crippen MR) is 206 cm³/mol. The van der Waals surface area contributed by atoms with E-state index in [9.17, 15) is 0 Å². The molecular weight excluding hydrogens is 593 g/mol. The number of fused-ring (bicyclic) bond motifs is 7. The van der Waals surface area contributed by atoms with Crippen LogP contribution in [0, 0.1) is 0 Å². The van der Waals surface area contributed by atoms with E-state index in [2.05, 4.69) is 163 Å². The molecule has 0 saturated carbocycles. The van der Waals surface area contributed by atoms with Crippen LogP contribution in [-0.4, -0.2) is 9.97 Å². The third kappa shape index (κ3) is 4.20. The molecule has 49 heavy (non-hydrogen) atoms. The molecule has 0 radical (unpaired) electrons. The van der Waals surface area contributed by atoms with Gasteiger partial charge in [-0.1, -0.05) is 123 Å². The Kier molecular flexibility index (Phi) is 5.95. The van der Waals surface area contributed by atoms with Gasteiger partial charge in [-0.3, -0.25) is 0 Å². The number of hydrogen-bond acceptors (Lipinski definition) is 2. The molecule has 1 aliphatic carbocycles. The molecule has 1 heterocycles. The molecular formula is C47H32N2. The van der Waals surface area contributed by atoms with Crippen LogP contribution in [0.4, 0.5) is 0 Å². The average molecular weight is 625 g/mol. The molecule has 230 valence electrons. The molecule has 2 heteroatoms. The summed E-state index contributed by atoms with van der Waals surface area (Å²) in [6, 6.07) is 52.1. The van der Waals surface area contributed by atoms with E-state index < -0.39 is 0 Å². The largest absolute Gasteiger partial charge is 0.244 e. The Bertz CT molecular complexity index is 2790. The first-order valence-electron chi connectivity index (χ1n) is 17.0. The number of hydrogen-bond donors (Lipinski definition) is 0. The van der Waals surface area contributed by atoms with Crippen LogP contribution in [0.2, 0.25) is 0 Å². The van der Waals surface area contributed by atoms with Gasteiger partial charge in [0.05, 0.1) is 0 Å². The summed E-state index contributed by atoms with van der Waals surface area (Å²) in [5.74, 6) is 0. The van der Waals surface area contributed by atoms with Gasteiger partial charge in [0.2, 0.25) is 0 Å². The summed E-state index contributed by atoms with van der Waals surface area (Å²) < 4.78 is 0. The van der Waals surface area contributed by atoms with Crippen molar-refractivity contribution in [2.75, 3.05) is 0 Å². The fourth-order valence-electron chi connectivity index (χ4n) is 8.34. The van der Waals surface area contributed by atoms with Crippen LogP contribution in [0.25, 0.3) is 87.6 Å². The zero-order valence-electron chi connectivity index (χ0n) is 27.4. The van der Waals surface area contributed by atoms with Gasteiger partial charge in [0.15, 0.2) is 0 Å². The lowest BCUT2D eigenvalue weighted by Gasteiger charge is -2.24. The summed E-state index contributed by atoms with van der Waals surface area (Å²) in [5, 5.41) is 10.1. The van der Waals surface area contributed by atoms with Crippen LogP contribution in [-0.2, 0) is 5.41 Å². The van der Waals surface area contributed by atoms with Crippen LogP contribution < -0.4 is 0 Å². The summed E-state index contributed by atoms with van der Waals surface area (Å²) in [7, 11) is 0. The van der Waals surface area contributed by atoms with Crippen LogP contribution in [0.15, 0.2) is 158 Å². The van der Waals surface area contributed by atoms with Crippen LogP contribution in [0.1, 0.15) is 25.0 Å². The van der Waals surface area contributed by atoms with Gasteiger partial charge in [-0.05, 0) is 123 Å². The molecule has 0 fully saturated rings. The fraction of sp³-hybridized carbons (Fsp3) is 0.0638. The van der Waals surface area contributed by atoms with Crippen molar-refractivity contribution in [3.05, 3.63) is 169 Å². The van der Waals surface area contributed by atoms with Gasteiger partial charge in [0.25, 0.3) is 0 Å². The van der Waals surface area contributed by atoms with Crippen molar-refractivity contribution in [2.45, 2.75) is 19.3 Å². The van der Waals surface area contributed by atoms with E-state index in [1.807, 2.05) is 12.4 Å². The average Bonchev–Trinajstić information content (AvgIpc) is 3.37. The first-order chi connectivity index (χ1) is 24.0. The molecule has 2 nitrogen and oxygen atoms in total. The SMILES string of the molecule is CC1(C)c2cc(-c3cncnc3)ccc2-c2cc3c(-c4ccc5ccccc5c4)c4ccccc4c(-c4ccc5ccccc5c4)c3cc21. The van der Waals surface area contributed by atoms with E-state index in [1.54, 1.807) is 6.33 Å².